The van der Waals surface area contributed by atoms with Gasteiger partial charge in [-0.15, -0.1) is 0 Å². The molecule has 0 bridgehead atoms. The first kappa shape index (κ1) is 22.9. The van der Waals surface area contributed by atoms with E-state index in [0.717, 1.165) is 71.6 Å². The van der Waals surface area contributed by atoms with Crippen LogP contribution in [0.3, 0.4) is 0 Å². The van der Waals surface area contributed by atoms with E-state index in [1.165, 1.54) is 16.7 Å². The van der Waals surface area contributed by atoms with Gasteiger partial charge >= 0.3 is 5.97 Å². The lowest BCUT2D eigenvalue weighted by Crippen LogP contribution is -2.02. The predicted molar refractivity (Wildman–Crippen MR) is 138 cm³/mol. The van der Waals surface area contributed by atoms with Crippen LogP contribution in [0.25, 0.3) is 11.3 Å². The molecule has 6 heteroatoms. The molecular weight excluding hydrogens is 474 g/mol. The summed E-state index contributed by atoms with van der Waals surface area (Å²) in [5.74, 6) is 1.21. The van der Waals surface area contributed by atoms with Crippen LogP contribution in [0.1, 0.15) is 68.3 Å². The maximum absolute atomic E-state index is 11.4. The van der Waals surface area contributed by atoms with Gasteiger partial charge in [0.25, 0.3) is 0 Å². The molecule has 1 fully saturated rings. The number of carboxylic acid groups (broad SMARTS) is 1. The second-order valence-corrected chi connectivity index (χ2v) is 10.2. The molecule has 6 rings (SSSR count). The predicted octanol–water partition coefficient (Wildman–Crippen LogP) is 7.15. The smallest absolute Gasteiger partial charge is 0.335 e. The van der Waals surface area contributed by atoms with E-state index >= 15 is 0 Å². The van der Waals surface area contributed by atoms with Crippen molar-refractivity contribution >= 4 is 17.6 Å². The van der Waals surface area contributed by atoms with Gasteiger partial charge in [0.1, 0.15) is 23.8 Å². The summed E-state index contributed by atoms with van der Waals surface area (Å²) in [6, 6.07) is 17.5. The number of ether oxygens (including phenoxy) is 1. The molecule has 0 saturated heterocycles. The summed E-state index contributed by atoms with van der Waals surface area (Å²) < 4.78 is 12.1. The molecule has 1 aromatic heterocycles. The Kier molecular flexibility index (Phi) is 5.81. The number of aryl methyl sites for hydroxylation is 3. The molecule has 3 aromatic carbocycles. The molecule has 0 radical (unpaired) electrons. The molecule has 36 heavy (non-hydrogen) atoms. The zero-order valence-electron chi connectivity index (χ0n) is 20.0. The van der Waals surface area contributed by atoms with Crippen molar-refractivity contribution in [3.05, 3.63) is 104 Å². The highest BCUT2D eigenvalue weighted by Gasteiger charge is 2.33. The molecule has 1 N–H and O–H groups in total. The number of benzene rings is 3. The lowest BCUT2D eigenvalue weighted by Gasteiger charge is -2.12. The first-order valence-corrected chi connectivity index (χ1v) is 12.7. The van der Waals surface area contributed by atoms with Crippen LogP contribution in [0.4, 0.5) is 0 Å². The van der Waals surface area contributed by atoms with E-state index in [1.54, 1.807) is 12.1 Å². The Balaban J connectivity index is 1.27. The minimum atomic E-state index is -0.892. The van der Waals surface area contributed by atoms with Gasteiger partial charge in [-0.1, -0.05) is 41.0 Å². The summed E-state index contributed by atoms with van der Waals surface area (Å²) in [6.45, 7) is 2.39. The van der Waals surface area contributed by atoms with E-state index in [1.807, 2.05) is 37.3 Å². The second-order valence-electron chi connectivity index (χ2n) is 9.76. The van der Waals surface area contributed by atoms with Gasteiger partial charge in [-0.2, -0.15) is 0 Å². The number of nitrogens with zero attached hydrogens (tertiary/aromatic N) is 1. The number of hydrogen-bond donors (Lipinski definition) is 1. The summed E-state index contributed by atoms with van der Waals surface area (Å²) in [7, 11) is 0. The largest absolute Gasteiger partial charge is 0.489 e. The molecule has 1 saturated carbocycles. The van der Waals surface area contributed by atoms with Gasteiger partial charge in [0.15, 0.2) is 0 Å². The third-order valence-electron chi connectivity index (χ3n) is 7.28. The molecule has 2 aliphatic rings. The number of aromatic carboxylic acids is 1. The van der Waals surface area contributed by atoms with Crippen LogP contribution in [0.2, 0.25) is 5.02 Å². The molecule has 1 heterocycles. The van der Waals surface area contributed by atoms with Gasteiger partial charge in [0, 0.05) is 11.5 Å². The highest BCUT2D eigenvalue weighted by Crippen LogP contribution is 2.45. The van der Waals surface area contributed by atoms with Gasteiger partial charge in [0.05, 0.1) is 16.1 Å². The Morgan fingerprint density at radius 1 is 1.06 bits per heavy atom. The molecule has 0 spiro atoms. The van der Waals surface area contributed by atoms with Crippen molar-refractivity contribution in [2.45, 2.75) is 51.6 Å². The van der Waals surface area contributed by atoms with Crippen LogP contribution in [-0.4, -0.2) is 16.2 Å². The molecular formula is C30H26ClNO4. The highest BCUT2D eigenvalue weighted by atomic mass is 35.5. The van der Waals surface area contributed by atoms with Gasteiger partial charge < -0.3 is 14.4 Å². The molecule has 2 aliphatic carbocycles. The number of hydrogen-bond acceptors (Lipinski definition) is 4. The summed E-state index contributed by atoms with van der Waals surface area (Å²) in [6.07, 6.45) is 4.69. The van der Waals surface area contributed by atoms with Crippen LogP contribution < -0.4 is 4.74 Å². The van der Waals surface area contributed by atoms with Crippen LogP contribution in [0.5, 0.6) is 5.75 Å². The van der Waals surface area contributed by atoms with E-state index in [9.17, 15) is 9.90 Å². The molecule has 0 aliphatic heterocycles. The summed E-state index contributed by atoms with van der Waals surface area (Å²) in [4.78, 5) is 11.4. The first-order chi connectivity index (χ1) is 17.5. The second kappa shape index (κ2) is 9.14. The summed E-state index contributed by atoms with van der Waals surface area (Å²) in [5, 5.41) is 14.5. The molecule has 182 valence electrons. The van der Waals surface area contributed by atoms with Crippen LogP contribution in [0.15, 0.2) is 59.1 Å². The third kappa shape index (κ3) is 4.28. The Morgan fingerprint density at radius 2 is 1.86 bits per heavy atom. The average Bonchev–Trinajstić information content (AvgIpc) is 3.65. The molecule has 0 amide bonds. The van der Waals surface area contributed by atoms with Crippen LogP contribution in [-0.2, 0) is 25.9 Å². The molecule has 5 nitrogen and oxygen atoms in total. The maximum Gasteiger partial charge on any atom is 0.335 e. The van der Waals surface area contributed by atoms with Crippen molar-refractivity contribution in [1.29, 1.82) is 0 Å². The van der Waals surface area contributed by atoms with Crippen LogP contribution in [0, 0.1) is 6.92 Å². The fourth-order valence-electron chi connectivity index (χ4n) is 5.15. The summed E-state index contributed by atoms with van der Waals surface area (Å²) in [5.41, 5.74) is 8.75. The average molecular weight is 500 g/mol. The number of fused-ring (bicyclic) bond motifs is 2. The third-order valence-corrected chi connectivity index (χ3v) is 7.60. The topological polar surface area (TPSA) is 72.6 Å². The zero-order valence-corrected chi connectivity index (χ0v) is 20.8. The summed E-state index contributed by atoms with van der Waals surface area (Å²) >= 11 is 6.56. The standard InChI is InChI=1S/C30H26ClNO4/c1-17-3-2-4-26(31)27(17)28-25(29(36-32-28)19-7-8-19)16-35-24-12-11-20-13-23-14-22(30(33)34)10-6-18(23)5-9-21(20)15-24/h2-4,6,10-12,14-15,19H,5,7-9,13,16H2,1H3,(H,33,34). The van der Waals surface area contributed by atoms with E-state index in [-0.39, 0.29) is 0 Å². The zero-order chi connectivity index (χ0) is 24.8. The molecule has 0 unspecified atom stereocenters. The Bertz CT molecular complexity index is 1460. The SMILES string of the molecule is Cc1cccc(Cl)c1-c1noc(C2CC2)c1COc1ccc2c(c1)CCc1ccc(C(=O)O)cc1C2. The first-order valence-electron chi connectivity index (χ1n) is 12.3. The number of carboxylic acids is 1. The maximum atomic E-state index is 11.4. The van der Waals surface area contributed by atoms with Gasteiger partial charge in [-0.25, -0.2) is 4.79 Å². The fraction of sp³-hybridized carbons (Fsp3) is 0.267. The van der Waals surface area contributed by atoms with Crippen molar-refractivity contribution in [2.24, 2.45) is 0 Å². The van der Waals surface area contributed by atoms with Crippen molar-refractivity contribution in [3.63, 3.8) is 0 Å². The normalized spacial score (nSPS) is 14.6. The van der Waals surface area contributed by atoms with Gasteiger partial charge in [-0.3, -0.25) is 0 Å². The Hall–Kier alpha value is -3.57. The Morgan fingerprint density at radius 3 is 2.64 bits per heavy atom. The van der Waals surface area contributed by atoms with Gasteiger partial charge in [-0.05, 0) is 97.2 Å². The number of aromatic nitrogens is 1. The number of rotatable bonds is 6. The van der Waals surface area contributed by atoms with E-state index in [2.05, 4.69) is 17.3 Å². The lowest BCUT2D eigenvalue weighted by atomic mass is 9.98. The van der Waals surface area contributed by atoms with Crippen molar-refractivity contribution in [3.8, 4) is 17.0 Å². The van der Waals surface area contributed by atoms with Crippen LogP contribution >= 0.6 is 11.6 Å². The number of carbonyl (C=O) groups is 1. The quantitative estimate of drug-likeness (QED) is 0.305. The lowest BCUT2D eigenvalue weighted by molar-refractivity contribution is 0.0696. The van der Waals surface area contributed by atoms with E-state index in [0.29, 0.717) is 23.1 Å². The van der Waals surface area contributed by atoms with E-state index in [4.69, 9.17) is 20.9 Å². The van der Waals surface area contributed by atoms with Crippen molar-refractivity contribution in [2.75, 3.05) is 0 Å². The number of halogens is 1. The minimum Gasteiger partial charge on any atom is -0.489 e. The highest BCUT2D eigenvalue weighted by molar-refractivity contribution is 6.33. The molecule has 4 aromatic rings. The monoisotopic (exact) mass is 499 g/mol. The van der Waals surface area contributed by atoms with Crippen molar-refractivity contribution < 1.29 is 19.2 Å². The fourth-order valence-corrected chi connectivity index (χ4v) is 5.46. The minimum absolute atomic E-state index is 0.335. The Labute approximate surface area is 214 Å². The van der Waals surface area contributed by atoms with Crippen molar-refractivity contribution in [1.82, 2.24) is 5.16 Å². The van der Waals surface area contributed by atoms with E-state index < -0.39 is 5.97 Å². The van der Waals surface area contributed by atoms with Gasteiger partial charge in [0.2, 0.25) is 0 Å². The molecule has 0 atom stereocenters.